The van der Waals surface area contributed by atoms with E-state index in [4.69, 9.17) is 9.84 Å². The fourth-order valence-corrected chi connectivity index (χ4v) is 4.98. The molecule has 2 unspecified atom stereocenters. The summed E-state index contributed by atoms with van der Waals surface area (Å²) >= 11 is 1.33. The number of nitrogens with zero attached hydrogens (tertiary/aromatic N) is 1. The maximum atomic E-state index is 12.1. The van der Waals surface area contributed by atoms with Gasteiger partial charge in [0, 0.05) is 5.75 Å². The molecule has 0 aromatic heterocycles. The van der Waals surface area contributed by atoms with Crippen LogP contribution >= 0.6 is 11.8 Å². The molecule has 2 atom stereocenters. The molecular weight excluding hydrogens is 278 g/mol. The molecular formula is C10H19NO5S2. The Balaban J connectivity index is 2.72. The molecule has 8 heteroatoms. The van der Waals surface area contributed by atoms with Gasteiger partial charge in [-0.1, -0.05) is 0 Å². The Morgan fingerprint density at radius 3 is 2.67 bits per heavy atom. The number of aliphatic carboxylic acids is 1. The van der Waals surface area contributed by atoms with Gasteiger partial charge in [0.15, 0.2) is 0 Å². The van der Waals surface area contributed by atoms with E-state index in [1.807, 2.05) is 13.8 Å². The van der Waals surface area contributed by atoms with Crippen LogP contribution in [0.2, 0.25) is 0 Å². The second kappa shape index (κ2) is 6.23. The maximum Gasteiger partial charge on any atom is 0.322 e. The molecule has 0 aromatic carbocycles. The Morgan fingerprint density at radius 2 is 2.17 bits per heavy atom. The predicted octanol–water partition coefficient (Wildman–Crippen LogP) is 0.589. The first-order chi connectivity index (χ1) is 8.25. The number of carboxylic acid groups (broad SMARTS) is 1. The molecule has 1 N–H and O–H groups in total. The van der Waals surface area contributed by atoms with Crippen molar-refractivity contribution in [3.8, 4) is 0 Å². The molecule has 106 valence electrons. The molecule has 6 nitrogen and oxygen atoms in total. The summed E-state index contributed by atoms with van der Waals surface area (Å²) in [4.78, 5) is 11.0. The van der Waals surface area contributed by atoms with Crippen molar-refractivity contribution in [3.05, 3.63) is 0 Å². The predicted molar refractivity (Wildman–Crippen MR) is 70.1 cm³/mol. The number of hydrogen-bond donors (Lipinski definition) is 1. The molecule has 1 saturated heterocycles. The van der Waals surface area contributed by atoms with Gasteiger partial charge in [-0.25, -0.2) is 8.42 Å². The van der Waals surface area contributed by atoms with Crippen molar-refractivity contribution in [1.29, 1.82) is 0 Å². The second-order valence-electron chi connectivity index (χ2n) is 4.35. The van der Waals surface area contributed by atoms with E-state index in [-0.39, 0.29) is 23.8 Å². The molecule has 18 heavy (non-hydrogen) atoms. The van der Waals surface area contributed by atoms with Gasteiger partial charge in [0.2, 0.25) is 10.0 Å². The van der Waals surface area contributed by atoms with Gasteiger partial charge in [0.1, 0.15) is 6.04 Å². The van der Waals surface area contributed by atoms with Crippen LogP contribution in [0.3, 0.4) is 0 Å². The minimum absolute atomic E-state index is 0.0409. The summed E-state index contributed by atoms with van der Waals surface area (Å²) in [6.07, 6.45) is -0.0409. The van der Waals surface area contributed by atoms with Crippen LogP contribution in [0.4, 0.5) is 0 Å². The molecule has 0 aliphatic carbocycles. The number of hydrogen-bond acceptors (Lipinski definition) is 5. The third kappa shape index (κ3) is 3.84. The van der Waals surface area contributed by atoms with Crippen LogP contribution in [0.15, 0.2) is 0 Å². The summed E-state index contributed by atoms with van der Waals surface area (Å²) in [7, 11) is -3.59. The SMILES string of the molecule is CC(C)OCCS(=O)(=O)N1C(C)SCC1C(=O)O. The monoisotopic (exact) mass is 297 g/mol. The van der Waals surface area contributed by atoms with Gasteiger partial charge >= 0.3 is 5.97 Å². The van der Waals surface area contributed by atoms with Gasteiger partial charge < -0.3 is 9.84 Å². The average Bonchev–Trinajstić information content (AvgIpc) is 2.59. The highest BCUT2D eigenvalue weighted by Gasteiger charge is 2.43. The quantitative estimate of drug-likeness (QED) is 0.772. The van der Waals surface area contributed by atoms with Gasteiger partial charge in [-0.3, -0.25) is 4.79 Å². The smallest absolute Gasteiger partial charge is 0.322 e. The highest BCUT2D eigenvalue weighted by atomic mass is 32.2. The first-order valence-corrected chi connectivity index (χ1v) is 8.38. The lowest BCUT2D eigenvalue weighted by Crippen LogP contribution is -2.46. The summed E-state index contributed by atoms with van der Waals surface area (Å²) < 4.78 is 30.5. The van der Waals surface area contributed by atoms with E-state index >= 15 is 0 Å². The molecule has 0 saturated carbocycles. The fraction of sp³-hybridized carbons (Fsp3) is 0.900. The largest absolute Gasteiger partial charge is 0.480 e. The number of rotatable bonds is 6. The van der Waals surface area contributed by atoms with Gasteiger partial charge in [-0.05, 0) is 20.8 Å². The summed E-state index contributed by atoms with van der Waals surface area (Å²) in [6.45, 7) is 5.43. The van der Waals surface area contributed by atoms with Gasteiger partial charge in [-0.15, -0.1) is 11.8 Å². The van der Waals surface area contributed by atoms with E-state index < -0.39 is 22.0 Å². The third-order valence-electron chi connectivity index (χ3n) is 2.56. The van der Waals surface area contributed by atoms with Crippen molar-refractivity contribution in [3.63, 3.8) is 0 Å². The van der Waals surface area contributed by atoms with Crippen LogP contribution in [0.1, 0.15) is 20.8 Å². The third-order valence-corrected chi connectivity index (χ3v) is 5.81. The first kappa shape index (κ1) is 15.7. The Bertz CT molecular complexity index is 395. The summed E-state index contributed by atoms with van der Waals surface area (Å²) in [6, 6.07) is -0.964. The molecule has 0 amide bonds. The number of carboxylic acids is 1. The van der Waals surface area contributed by atoms with E-state index in [0.717, 1.165) is 4.31 Å². The van der Waals surface area contributed by atoms with Gasteiger partial charge in [0.25, 0.3) is 0 Å². The Kier molecular flexibility index (Phi) is 5.45. The highest BCUT2D eigenvalue weighted by Crippen LogP contribution is 2.31. The lowest BCUT2D eigenvalue weighted by Gasteiger charge is -2.24. The second-order valence-corrected chi connectivity index (χ2v) is 7.69. The maximum absolute atomic E-state index is 12.1. The van der Waals surface area contributed by atoms with E-state index in [0.29, 0.717) is 5.75 Å². The topological polar surface area (TPSA) is 83.9 Å². The normalized spacial score (nSPS) is 25.8. The average molecular weight is 297 g/mol. The zero-order valence-corrected chi connectivity index (χ0v) is 12.3. The fourth-order valence-electron chi connectivity index (χ4n) is 1.73. The molecule has 1 aliphatic rings. The highest BCUT2D eigenvalue weighted by molar-refractivity contribution is 8.01. The lowest BCUT2D eigenvalue weighted by molar-refractivity contribution is -0.140. The minimum Gasteiger partial charge on any atom is -0.480 e. The van der Waals surface area contributed by atoms with Crippen molar-refractivity contribution >= 4 is 27.8 Å². The number of carbonyl (C=O) groups is 1. The number of sulfonamides is 1. The van der Waals surface area contributed by atoms with Crippen LogP contribution in [-0.2, 0) is 19.6 Å². The molecule has 1 aliphatic heterocycles. The Hall–Kier alpha value is -0.310. The van der Waals surface area contributed by atoms with Crippen molar-refractivity contribution in [2.75, 3.05) is 18.1 Å². The Labute approximate surface area is 112 Å². The van der Waals surface area contributed by atoms with Crippen LogP contribution < -0.4 is 0 Å². The van der Waals surface area contributed by atoms with Crippen molar-refractivity contribution < 1.29 is 23.1 Å². The van der Waals surface area contributed by atoms with Crippen LogP contribution in [-0.4, -0.2) is 59.4 Å². The van der Waals surface area contributed by atoms with E-state index in [1.54, 1.807) is 6.92 Å². The van der Waals surface area contributed by atoms with E-state index in [1.165, 1.54) is 11.8 Å². The molecule has 0 aromatic rings. The molecule has 0 radical (unpaired) electrons. The van der Waals surface area contributed by atoms with E-state index in [9.17, 15) is 13.2 Å². The van der Waals surface area contributed by atoms with Gasteiger partial charge in [-0.2, -0.15) is 4.31 Å². The molecule has 0 bridgehead atoms. The van der Waals surface area contributed by atoms with Crippen molar-refractivity contribution in [2.24, 2.45) is 0 Å². The standard InChI is InChI=1S/C10H19NO5S2/c1-7(2)16-4-5-18(14,15)11-8(3)17-6-9(11)10(12)13/h7-9H,4-6H2,1-3H3,(H,12,13). The Morgan fingerprint density at radius 1 is 1.56 bits per heavy atom. The van der Waals surface area contributed by atoms with Crippen LogP contribution in [0.25, 0.3) is 0 Å². The molecule has 0 spiro atoms. The van der Waals surface area contributed by atoms with Crippen molar-refractivity contribution in [1.82, 2.24) is 4.31 Å². The number of ether oxygens (including phenoxy) is 1. The van der Waals surface area contributed by atoms with Crippen LogP contribution in [0, 0.1) is 0 Å². The summed E-state index contributed by atoms with van der Waals surface area (Å²) in [5, 5.41) is 8.69. The molecule has 1 rings (SSSR count). The first-order valence-electron chi connectivity index (χ1n) is 5.73. The van der Waals surface area contributed by atoms with Gasteiger partial charge in [0.05, 0.1) is 23.8 Å². The van der Waals surface area contributed by atoms with E-state index in [2.05, 4.69) is 0 Å². The lowest BCUT2D eigenvalue weighted by atomic mass is 10.3. The summed E-state index contributed by atoms with van der Waals surface area (Å²) in [5.41, 5.74) is 0. The zero-order valence-electron chi connectivity index (χ0n) is 10.7. The van der Waals surface area contributed by atoms with Crippen molar-refractivity contribution in [2.45, 2.75) is 38.3 Å². The number of thioether (sulfide) groups is 1. The minimum atomic E-state index is -3.59. The van der Waals surface area contributed by atoms with Crippen LogP contribution in [0.5, 0.6) is 0 Å². The zero-order chi connectivity index (χ0) is 13.9. The molecule has 1 fully saturated rings. The summed E-state index contributed by atoms with van der Waals surface area (Å²) in [5.74, 6) is -0.985. The molecule has 1 heterocycles.